The van der Waals surface area contributed by atoms with Gasteiger partial charge in [-0.05, 0) is 67.3 Å². The molecule has 5 rings (SSSR count). The molecular weight excluding hydrogens is 381 g/mol. The van der Waals surface area contributed by atoms with Crippen LogP contribution in [0.2, 0.25) is 0 Å². The van der Waals surface area contributed by atoms with Gasteiger partial charge in [-0.1, -0.05) is 24.3 Å². The van der Waals surface area contributed by atoms with Crippen molar-refractivity contribution in [3.05, 3.63) is 83.4 Å². The molecule has 1 N–H and O–H groups in total. The first kappa shape index (κ1) is 18.5. The smallest absolute Gasteiger partial charge is 0.178 e. The van der Waals surface area contributed by atoms with Gasteiger partial charge in [-0.2, -0.15) is 4.52 Å². The van der Waals surface area contributed by atoms with E-state index < -0.39 is 0 Å². The van der Waals surface area contributed by atoms with E-state index in [1.165, 1.54) is 12.1 Å². The maximum atomic E-state index is 13.0. The first-order valence-electron chi connectivity index (χ1n) is 10.1. The molecule has 0 spiro atoms. The summed E-state index contributed by atoms with van der Waals surface area (Å²) >= 11 is 0. The number of rotatable bonds is 7. The van der Waals surface area contributed by atoms with Crippen molar-refractivity contribution in [2.45, 2.75) is 38.3 Å². The normalized spacial score (nSPS) is 14.6. The zero-order valence-corrected chi connectivity index (χ0v) is 16.6. The van der Waals surface area contributed by atoms with Gasteiger partial charge < -0.3 is 10.1 Å². The largest absolute Gasteiger partial charge is 0.489 e. The molecule has 2 aromatic heterocycles. The van der Waals surface area contributed by atoms with Gasteiger partial charge in [0.15, 0.2) is 11.5 Å². The Balaban J connectivity index is 1.23. The zero-order chi connectivity index (χ0) is 20.5. The lowest BCUT2D eigenvalue weighted by molar-refractivity contribution is 0.306. The van der Waals surface area contributed by atoms with E-state index in [1.807, 2.05) is 40.9 Å². The maximum Gasteiger partial charge on any atom is 0.178 e. The van der Waals surface area contributed by atoms with Crippen LogP contribution in [0, 0.1) is 5.82 Å². The van der Waals surface area contributed by atoms with E-state index in [0.717, 1.165) is 47.0 Å². The number of fused-ring (bicyclic) bond motifs is 1. The van der Waals surface area contributed by atoms with Crippen molar-refractivity contribution in [2.75, 3.05) is 5.32 Å². The SMILES string of the molecule is CC(Nc1ccc2nnc(C3CC3)n2n1)c1ccc(OCc2ccc(F)cc2)cc1. The molecule has 1 aliphatic rings. The maximum absolute atomic E-state index is 13.0. The summed E-state index contributed by atoms with van der Waals surface area (Å²) in [6.07, 6.45) is 2.32. The minimum atomic E-state index is -0.244. The highest BCUT2D eigenvalue weighted by molar-refractivity contribution is 5.46. The molecule has 152 valence electrons. The van der Waals surface area contributed by atoms with Crippen LogP contribution in [0.4, 0.5) is 10.2 Å². The van der Waals surface area contributed by atoms with Crippen LogP contribution in [0.5, 0.6) is 5.75 Å². The summed E-state index contributed by atoms with van der Waals surface area (Å²) in [4.78, 5) is 0. The molecule has 30 heavy (non-hydrogen) atoms. The van der Waals surface area contributed by atoms with Gasteiger partial charge in [0.2, 0.25) is 0 Å². The molecule has 1 aliphatic carbocycles. The zero-order valence-electron chi connectivity index (χ0n) is 16.6. The van der Waals surface area contributed by atoms with Gasteiger partial charge >= 0.3 is 0 Å². The average Bonchev–Trinajstić information content (AvgIpc) is 3.53. The average molecular weight is 403 g/mol. The fourth-order valence-electron chi connectivity index (χ4n) is 3.38. The summed E-state index contributed by atoms with van der Waals surface area (Å²) in [5.41, 5.74) is 2.83. The number of nitrogens with one attached hydrogen (secondary N) is 1. The summed E-state index contributed by atoms with van der Waals surface area (Å²) in [7, 11) is 0. The summed E-state index contributed by atoms with van der Waals surface area (Å²) in [6.45, 7) is 2.49. The van der Waals surface area contributed by atoms with Crippen LogP contribution in [-0.4, -0.2) is 19.8 Å². The Hall–Kier alpha value is -3.48. The molecule has 2 heterocycles. The molecule has 1 saturated carbocycles. The van der Waals surface area contributed by atoms with Crippen molar-refractivity contribution < 1.29 is 9.13 Å². The van der Waals surface area contributed by atoms with Gasteiger partial charge in [0.05, 0.1) is 6.04 Å². The van der Waals surface area contributed by atoms with Crippen LogP contribution in [0.15, 0.2) is 60.7 Å². The van der Waals surface area contributed by atoms with Gasteiger partial charge in [-0.15, -0.1) is 15.3 Å². The van der Waals surface area contributed by atoms with Crippen molar-refractivity contribution in [3.63, 3.8) is 0 Å². The lowest BCUT2D eigenvalue weighted by atomic mass is 10.1. The van der Waals surface area contributed by atoms with E-state index in [0.29, 0.717) is 12.5 Å². The van der Waals surface area contributed by atoms with E-state index in [9.17, 15) is 4.39 Å². The Kier molecular flexibility index (Phi) is 4.78. The van der Waals surface area contributed by atoms with E-state index in [2.05, 4.69) is 27.5 Å². The standard InChI is InChI=1S/C23H22FN5O/c1-15(25-21-12-13-22-26-27-23(18-4-5-18)29(22)28-21)17-6-10-20(11-7-17)30-14-16-2-8-19(24)9-3-16/h2-3,6-13,15,18H,4-5,14H2,1H3,(H,25,28). The highest BCUT2D eigenvalue weighted by Crippen LogP contribution is 2.38. The summed E-state index contributed by atoms with van der Waals surface area (Å²) in [6, 6.07) is 18.2. The quantitative estimate of drug-likeness (QED) is 0.476. The molecule has 0 aliphatic heterocycles. The van der Waals surface area contributed by atoms with Crippen molar-refractivity contribution >= 4 is 11.5 Å². The van der Waals surface area contributed by atoms with E-state index >= 15 is 0 Å². The third-order valence-electron chi connectivity index (χ3n) is 5.29. The molecule has 4 aromatic rings. The topological polar surface area (TPSA) is 64.3 Å². The minimum absolute atomic E-state index is 0.0713. The van der Waals surface area contributed by atoms with E-state index in [1.54, 1.807) is 12.1 Å². The van der Waals surface area contributed by atoms with Crippen molar-refractivity contribution in [1.82, 2.24) is 19.8 Å². The van der Waals surface area contributed by atoms with Gasteiger partial charge in [-0.25, -0.2) is 4.39 Å². The molecule has 2 aromatic carbocycles. The molecule has 0 bridgehead atoms. The Morgan fingerprint density at radius 3 is 2.53 bits per heavy atom. The minimum Gasteiger partial charge on any atom is -0.489 e. The Morgan fingerprint density at radius 1 is 1.03 bits per heavy atom. The fraction of sp³-hybridized carbons (Fsp3) is 0.261. The number of aromatic nitrogens is 4. The predicted molar refractivity (Wildman–Crippen MR) is 112 cm³/mol. The van der Waals surface area contributed by atoms with Crippen molar-refractivity contribution in [1.29, 1.82) is 0 Å². The van der Waals surface area contributed by atoms with Crippen molar-refractivity contribution in [2.24, 2.45) is 0 Å². The van der Waals surface area contributed by atoms with Crippen LogP contribution in [0.1, 0.15) is 48.7 Å². The van der Waals surface area contributed by atoms with Gasteiger partial charge in [0.1, 0.15) is 24.0 Å². The van der Waals surface area contributed by atoms with E-state index in [-0.39, 0.29) is 11.9 Å². The van der Waals surface area contributed by atoms with Crippen LogP contribution in [-0.2, 0) is 6.61 Å². The highest BCUT2D eigenvalue weighted by Gasteiger charge is 2.29. The number of hydrogen-bond donors (Lipinski definition) is 1. The Morgan fingerprint density at radius 2 is 1.80 bits per heavy atom. The number of hydrogen-bond acceptors (Lipinski definition) is 5. The monoisotopic (exact) mass is 403 g/mol. The summed E-state index contributed by atoms with van der Waals surface area (Å²) < 4.78 is 20.6. The Bertz CT molecular complexity index is 1150. The lowest BCUT2D eigenvalue weighted by Gasteiger charge is -2.16. The highest BCUT2D eigenvalue weighted by atomic mass is 19.1. The second-order valence-electron chi connectivity index (χ2n) is 7.67. The van der Waals surface area contributed by atoms with Crippen LogP contribution >= 0.6 is 0 Å². The fourth-order valence-corrected chi connectivity index (χ4v) is 3.38. The lowest BCUT2D eigenvalue weighted by Crippen LogP contribution is -2.10. The molecule has 0 amide bonds. The molecule has 1 unspecified atom stereocenters. The van der Waals surface area contributed by atoms with Gasteiger partial charge in [0.25, 0.3) is 0 Å². The number of halogens is 1. The summed E-state index contributed by atoms with van der Waals surface area (Å²) in [5, 5.41) is 16.6. The number of benzene rings is 2. The number of anilines is 1. The van der Waals surface area contributed by atoms with E-state index in [4.69, 9.17) is 4.74 Å². The second kappa shape index (κ2) is 7.74. The number of ether oxygens (including phenoxy) is 1. The van der Waals surface area contributed by atoms with Crippen LogP contribution < -0.4 is 10.1 Å². The van der Waals surface area contributed by atoms with Gasteiger partial charge in [0, 0.05) is 5.92 Å². The molecule has 0 saturated heterocycles. The molecule has 0 radical (unpaired) electrons. The van der Waals surface area contributed by atoms with Crippen LogP contribution in [0.25, 0.3) is 5.65 Å². The first-order valence-corrected chi connectivity index (χ1v) is 10.1. The summed E-state index contributed by atoms with van der Waals surface area (Å²) in [5.74, 6) is 2.75. The number of nitrogens with zero attached hydrogens (tertiary/aromatic N) is 4. The van der Waals surface area contributed by atoms with Crippen LogP contribution in [0.3, 0.4) is 0 Å². The van der Waals surface area contributed by atoms with Crippen molar-refractivity contribution in [3.8, 4) is 5.75 Å². The molecule has 7 heteroatoms. The molecular formula is C23H22FN5O. The third-order valence-corrected chi connectivity index (χ3v) is 5.29. The Labute approximate surface area is 173 Å². The first-order chi connectivity index (χ1) is 14.7. The molecule has 1 fully saturated rings. The predicted octanol–water partition coefficient (Wildman–Crippen LogP) is 4.89. The van der Waals surface area contributed by atoms with Gasteiger partial charge in [-0.3, -0.25) is 0 Å². The molecule has 6 nitrogen and oxygen atoms in total. The molecule has 1 atom stereocenters. The second-order valence-corrected chi connectivity index (χ2v) is 7.67. The third kappa shape index (κ3) is 3.96.